The van der Waals surface area contributed by atoms with E-state index in [2.05, 4.69) is 29.9 Å². The molecule has 18 nitrogen and oxygen atoms in total. The number of nitrogens with zero attached hydrogens (tertiary/aromatic N) is 6. The second-order valence-electron chi connectivity index (χ2n) is 9.84. The fraction of sp³-hybridized carbons (Fsp3) is 0.500. The third kappa shape index (κ3) is 4.04. The van der Waals surface area contributed by atoms with E-state index in [1.54, 1.807) is 0 Å². The molecule has 3 fully saturated rings. The van der Waals surface area contributed by atoms with Gasteiger partial charge in [-0.15, -0.1) is 0 Å². The molecule has 224 valence electrons. The lowest BCUT2D eigenvalue weighted by Crippen LogP contribution is -2.36. The molecule has 22 heteroatoms. The van der Waals surface area contributed by atoms with Crippen LogP contribution in [0.15, 0.2) is 28.6 Å². The molecule has 3 unspecified atom stereocenters. The van der Waals surface area contributed by atoms with Gasteiger partial charge in [-0.2, -0.15) is 4.98 Å². The van der Waals surface area contributed by atoms with Crippen molar-refractivity contribution >= 4 is 46.8 Å². The number of fused-ring (bicyclic) bond motifs is 3. The monoisotopic (exact) mass is 631 g/mol. The lowest BCUT2D eigenvalue weighted by atomic mass is 10.1. The molecule has 4 aromatic rings. The molecule has 0 bridgehead atoms. The maximum Gasteiger partial charge on any atom is 0.325 e. The van der Waals surface area contributed by atoms with Crippen LogP contribution in [-0.2, 0) is 30.3 Å². The highest BCUT2D eigenvalue weighted by Crippen LogP contribution is 2.62. The van der Waals surface area contributed by atoms with Crippen molar-refractivity contribution in [3.05, 3.63) is 39.7 Å². The summed E-state index contributed by atoms with van der Waals surface area (Å²) in [7, 11) is 0. The van der Waals surface area contributed by atoms with E-state index in [0.29, 0.717) is 0 Å². The Labute approximate surface area is 235 Å². The minimum atomic E-state index is -4.40. The highest BCUT2D eigenvalue weighted by molar-refractivity contribution is 8.07. The molecule has 0 spiro atoms. The van der Waals surface area contributed by atoms with Crippen molar-refractivity contribution in [1.82, 2.24) is 39.0 Å². The van der Waals surface area contributed by atoms with Crippen molar-refractivity contribution in [1.29, 1.82) is 0 Å². The van der Waals surface area contributed by atoms with Crippen LogP contribution in [-0.4, -0.2) is 103 Å². The van der Waals surface area contributed by atoms with Crippen molar-refractivity contribution < 1.29 is 42.4 Å². The normalized spacial score (nSPS) is 35.5. The quantitative estimate of drug-likeness (QED) is 0.121. The molecule has 2 aliphatic heterocycles. The summed E-state index contributed by atoms with van der Waals surface area (Å²) in [6.45, 7) is -5.10. The first-order chi connectivity index (χ1) is 19.9. The van der Waals surface area contributed by atoms with Crippen molar-refractivity contribution in [3.8, 4) is 0 Å². The smallest absolute Gasteiger partial charge is 0.325 e. The Bertz CT molecular complexity index is 1890. The molecule has 0 amide bonds. The van der Waals surface area contributed by atoms with E-state index < -0.39 is 79.3 Å². The second-order valence-corrected chi connectivity index (χ2v) is 12.6. The van der Waals surface area contributed by atoms with Gasteiger partial charge < -0.3 is 39.8 Å². The van der Waals surface area contributed by atoms with Crippen LogP contribution in [0.3, 0.4) is 0 Å². The van der Waals surface area contributed by atoms with E-state index in [1.165, 1.54) is 0 Å². The van der Waals surface area contributed by atoms with Gasteiger partial charge in [0.1, 0.15) is 24.4 Å². The number of imidazole rings is 2. The summed E-state index contributed by atoms with van der Waals surface area (Å²) >= 11 is 5.06. The number of aliphatic hydroxyl groups excluding tert-OH is 2. The number of aromatic amines is 2. The molecular formula is C20H20F2N9O9PS. The number of hydrogen-bond donors (Lipinski definition) is 6. The van der Waals surface area contributed by atoms with Crippen LogP contribution in [0.2, 0.25) is 0 Å². The molecule has 7 N–H and O–H groups in total. The Morgan fingerprint density at radius 1 is 1.12 bits per heavy atom. The third-order valence-electron chi connectivity index (χ3n) is 7.35. The fourth-order valence-corrected chi connectivity index (χ4v) is 6.62. The van der Waals surface area contributed by atoms with Gasteiger partial charge in [0.25, 0.3) is 11.1 Å². The first kappa shape index (κ1) is 27.6. The number of nitrogen functional groups attached to an aromatic ring is 1. The van der Waals surface area contributed by atoms with Crippen molar-refractivity contribution in [2.75, 3.05) is 12.3 Å². The van der Waals surface area contributed by atoms with Crippen LogP contribution in [0.5, 0.6) is 0 Å². The Morgan fingerprint density at radius 3 is 2.55 bits per heavy atom. The van der Waals surface area contributed by atoms with E-state index in [0.717, 1.165) is 28.1 Å². The average Bonchev–Trinajstić information content (AvgIpc) is 3.47. The van der Waals surface area contributed by atoms with Crippen molar-refractivity contribution in [2.45, 2.75) is 54.8 Å². The minimum absolute atomic E-state index is 0.000831. The number of H-pyrrole nitrogens is 2. The highest BCUT2D eigenvalue weighted by atomic mass is 32.5. The van der Waals surface area contributed by atoms with E-state index in [-0.39, 0.29) is 28.3 Å². The van der Waals surface area contributed by atoms with Crippen LogP contribution < -0.4 is 16.9 Å². The largest absolute Gasteiger partial charge is 0.387 e. The Hall–Kier alpha value is -3.27. The van der Waals surface area contributed by atoms with Crippen LogP contribution in [0, 0.1) is 0 Å². The van der Waals surface area contributed by atoms with E-state index in [4.69, 9.17) is 36.1 Å². The Balaban J connectivity index is 1.10. The number of anilines is 1. The predicted molar refractivity (Wildman–Crippen MR) is 137 cm³/mol. The van der Waals surface area contributed by atoms with Gasteiger partial charge in [0, 0.05) is 0 Å². The maximum atomic E-state index is 15.7. The summed E-state index contributed by atoms with van der Waals surface area (Å²) < 4.78 is 55.0. The van der Waals surface area contributed by atoms with Crippen LogP contribution in [0.4, 0.5) is 14.7 Å². The first-order valence-corrected chi connectivity index (χ1v) is 14.8. The summed E-state index contributed by atoms with van der Waals surface area (Å²) in [4.78, 5) is 55.3. The van der Waals surface area contributed by atoms with Gasteiger partial charge in [-0.1, -0.05) is 0 Å². The number of nitrogens with one attached hydrogen (secondary N) is 2. The summed E-state index contributed by atoms with van der Waals surface area (Å²) in [5.41, 5.74) is 1.55. The molecule has 10 atom stereocenters. The zero-order chi connectivity index (χ0) is 29.7. The van der Waals surface area contributed by atoms with E-state index in [1.807, 2.05) is 0 Å². The summed E-state index contributed by atoms with van der Waals surface area (Å²) in [6, 6.07) is 0. The minimum Gasteiger partial charge on any atom is -0.387 e. The molecule has 2 saturated heterocycles. The molecule has 1 aliphatic carbocycles. The van der Waals surface area contributed by atoms with Crippen LogP contribution in [0.1, 0.15) is 12.5 Å². The number of hydrogen-bond acceptors (Lipinski definition) is 14. The molecule has 0 radical (unpaired) electrons. The maximum absolute atomic E-state index is 15.7. The second kappa shape index (κ2) is 9.36. The molecule has 7 rings (SSSR count). The SMILES string of the molecule is Nc1nc2c(ncn2[C@@H]2O[C@@H]3C(O)[C@@]3(F)C2OP(O)(=S)OC[C@H]2O[C@@H](n3cnc4c(=O)[nH]cnc43)[C@@H](F)[C@@H]2O)c(=O)[nH]1. The third-order valence-corrected chi connectivity index (χ3v) is 8.90. The van der Waals surface area contributed by atoms with Gasteiger partial charge in [0.15, 0.2) is 52.7 Å². The van der Waals surface area contributed by atoms with Crippen molar-refractivity contribution in [2.24, 2.45) is 0 Å². The zero-order valence-electron chi connectivity index (χ0n) is 20.7. The van der Waals surface area contributed by atoms with E-state index >= 15 is 8.78 Å². The molecule has 3 aliphatic rings. The van der Waals surface area contributed by atoms with Gasteiger partial charge in [-0.25, -0.2) is 23.7 Å². The number of halogens is 2. The molecule has 1 saturated carbocycles. The lowest BCUT2D eigenvalue weighted by molar-refractivity contribution is -0.0794. The van der Waals surface area contributed by atoms with Gasteiger partial charge in [-0.3, -0.25) is 28.2 Å². The average molecular weight is 631 g/mol. The lowest BCUT2D eigenvalue weighted by Gasteiger charge is -2.29. The van der Waals surface area contributed by atoms with Gasteiger partial charge in [0.05, 0.1) is 25.6 Å². The molecular weight excluding hydrogens is 611 g/mol. The molecule has 42 heavy (non-hydrogen) atoms. The topological polar surface area (TPSA) is 251 Å². The van der Waals surface area contributed by atoms with Crippen molar-refractivity contribution in [3.63, 3.8) is 0 Å². The van der Waals surface area contributed by atoms with Crippen LogP contribution in [0.25, 0.3) is 22.3 Å². The molecule has 0 aromatic carbocycles. The standard InChI is InChI=1S/C20H20F2N9O9PS/c21-6-9(32)5(38-17(6)30-3-26-7-13(30)24-2-25-15(7)34)1-37-41(36,42)40-12-18(39-11-10(33)20(11,12)22)31-4-27-8-14(31)28-19(23)29-16(8)35/h2-6,9-12,17-18,32-33H,1H2,(H,36,42)(H,24,25,34)(H3,23,28,29,35)/t5-,6+,9-,10?,11-,12?,17-,18-,20+,41?/m1/s1. The summed E-state index contributed by atoms with van der Waals surface area (Å²) in [5, 5.41) is 20.6. The number of nitrogens with two attached hydrogens (primary N) is 1. The van der Waals surface area contributed by atoms with Gasteiger partial charge >= 0.3 is 6.72 Å². The number of rotatable bonds is 7. The highest BCUT2D eigenvalue weighted by Gasteiger charge is 2.80. The first-order valence-electron chi connectivity index (χ1n) is 12.2. The summed E-state index contributed by atoms with van der Waals surface area (Å²) in [6.07, 6.45) is -9.52. The number of alkyl halides is 2. The predicted octanol–water partition coefficient (Wildman–Crippen LogP) is -1.97. The molecule has 4 aromatic heterocycles. The van der Waals surface area contributed by atoms with Crippen LogP contribution >= 0.6 is 6.72 Å². The van der Waals surface area contributed by atoms with Gasteiger partial charge in [0.2, 0.25) is 5.95 Å². The van der Waals surface area contributed by atoms with Gasteiger partial charge in [-0.05, 0) is 11.8 Å². The Morgan fingerprint density at radius 2 is 1.81 bits per heavy atom. The fourth-order valence-electron chi connectivity index (χ4n) is 5.21. The molecule has 6 heterocycles. The Kier molecular flexibility index (Phi) is 6.14. The number of aliphatic hydroxyl groups is 2. The summed E-state index contributed by atoms with van der Waals surface area (Å²) in [5.74, 6) is -0.258. The zero-order valence-corrected chi connectivity index (χ0v) is 22.4. The number of ether oxygens (including phenoxy) is 2. The number of aromatic nitrogens is 8. The van der Waals surface area contributed by atoms with E-state index in [9.17, 15) is 24.7 Å².